The molecule has 1 saturated heterocycles. The molecule has 1 aromatic heterocycles. The van der Waals surface area contributed by atoms with Crippen molar-refractivity contribution >= 4 is 35.8 Å². The lowest BCUT2D eigenvalue weighted by molar-refractivity contribution is 0.0657. The summed E-state index contributed by atoms with van der Waals surface area (Å²) in [5.74, 6) is 2.61. The molecular weight excluding hydrogens is 507 g/mol. The first kappa shape index (κ1) is 25.0. The first-order chi connectivity index (χ1) is 14.6. The summed E-state index contributed by atoms with van der Waals surface area (Å²) in [5, 5.41) is 3.37. The smallest absolute Gasteiger partial charge is 0.289 e. The molecule has 1 aliphatic rings. The quantitative estimate of drug-likeness (QED) is 0.328. The van der Waals surface area contributed by atoms with Crippen LogP contribution in [0, 0.1) is 5.92 Å². The molecule has 1 aliphatic heterocycles. The number of rotatable bonds is 7. The van der Waals surface area contributed by atoms with Crippen molar-refractivity contribution in [3.05, 3.63) is 54.0 Å². The zero-order valence-corrected chi connectivity index (χ0v) is 20.9. The lowest BCUT2D eigenvalue weighted by Gasteiger charge is -2.36. The van der Waals surface area contributed by atoms with E-state index in [1.165, 1.54) is 6.26 Å². The molecule has 0 atom stereocenters. The van der Waals surface area contributed by atoms with Crippen molar-refractivity contribution in [1.29, 1.82) is 0 Å². The lowest BCUT2D eigenvalue weighted by atomic mass is 10.2. The van der Waals surface area contributed by atoms with Gasteiger partial charge in [0.1, 0.15) is 5.75 Å². The van der Waals surface area contributed by atoms with E-state index in [1.54, 1.807) is 12.1 Å². The third-order valence-corrected chi connectivity index (χ3v) is 4.85. The van der Waals surface area contributed by atoms with Crippen molar-refractivity contribution in [2.75, 3.05) is 39.3 Å². The van der Waals surface area contributed by atoms with Crippen molar-refractivity contribution in [2.45, 2.75) is 27.3 Å². The molecule has 2 heterocycles. The Hall–Kier alpha value is -2.23. The fourth-order valence-electron chi connectivity index (χ4n) is 3.22. The van der Waals surface area contributed by atoms with Gasteiger partial charge in [0.15, 0.2) is 11.7 Å². The molecule has 170 valence electrons. The SMILES string of the molecule is CCNC(=NCc1ccc(OCC(C)C)cc1)N1CCN(C(=O)c2ccco2)CC1.I. The summed E-state index contributed by atoms with van der Waals surface area (Å²) in [6.45, 7) is 11.2. The van der Waals surface area contributed by atoms with E-state index in [-0.39, 0.29) is 29.9 Å². The van der Waals surface area contributed by atoms with E-state index < -0.39 is 0 Å². The maximum absolute atomic E-state index is 12.4. The number of nitrogens with one attached hydrogen (secondary N) is 1. The number of guanidine groups is 1. The first-order valence-electron chi connectivity index (χ1n) is 10.6. The number of nitrogens with zero attached hydrogens (tertiary/aromatic N) is 3. The highest BCUT2D eigenvalue weighted by Crippen LogP contribution is 2.14. The minimum atomic E-state index is -0.0543. The highest BCUT2D eigenvalue weighted by Gasteiger charge is 2.25. The van der Waals surface area contributed by atoms with E-state index in [0.717, 1.165) is 43.5 Å². The Kier molecular flexibility index (Phi) is 10.2. The van der Waals surface area contributed by atoms with Crippen molar-refractivity contribution in [3.8, 4) is 5.75 Å². The monoisotopic (exact) mass is 540 g/mol. The summed E-state index contributed by atoms with van der Waals surface area (Å²) in [7, 11) is 0. The Morgan fingerprint density at radius 1 is 1.13 bits per heavy atom. The highest BCUT2D eigenvalue weighted by molar-refractivity contribution is 14.0. The van der Waals surface area contributed by atoms with Crippen LogP contribution in [0.25, 0.3) is 0 Å². The van der Waals surface area contributed by atoms with Crippen LogP contribution in [0.4, 0.5) is 0 Å². The van der Waals surface area contributed by atoms with Crippen molar-refractivity contribution in [1.82, 2.24) is 15.1 Å². The van der Waals surface area contributed by atoms with Crippen LogP contribution >= 0.6 is 24.0 Å². The maximum atomic E-state index is 12.4. The van der Waals surface area contributed by atoms with Gasteiger partial charge < -0.3 is 24.3 Å². The van der Waals surface area contributed by atoms with Crippen LogP contribution in [0.3, 0.4) is 0 Å². The summed E-state index contributed by atoms with van der Waals surface area (Å²) in [4.78, 5) is 21.3. The number of halogens is 1. The molecule has 0 aliphatic carbocycles. The summed E-state index contributed by atoms with van der Waals surface area (Å²) in [5.41, 5.74) is 1.13. The summed E-state index contributed by atoms with van der Waals surface area (Å²) in [6, 6.07) is 11.6. The van der Waals surface area contributed by atoms with Gasteiger partial charge in [0.2, 0.25) is 0 Å². The number of benzene rings is 1. The summed E-state index contributed by atoms with van der Waals surface area (Å²) in [6.07, 6.45) is 1.53. The molecule has 8 heteroatoms. The van der Waals surface area contributed by atoms with Gasteiger partial charge in [0, 0.05) is 32.7 Å². The largest absolute Gasteiger partial charge is 0.493 e. The second-order valence-electron chi connectivity index (χ2n) is 7.78. The second kappa shape index (κ2) is 12.6. The second-order valence-corrected chi connectivity index (χ2v) is 7.78. The normalized spacial score (nSPS) is 14.4. The Bertz CT molecular complexity index is 814. The van der Waals surface area contributed by atoms with Gasteiger partial charge in [0.05, 0.1) is 19.4 Å². The maximum Gasteiger partial charge on any atom is 0.289 e. The zero-order chi connectivity index (χ0) is 21.3. The Morgan fingerprint density at radius 2 is 1.81 bits per heavy atom. The number of hydrogen-bond acceptors (Lipinski definition) is 4. The van der Waals surface area contributed by atoms with Gasteiger partial charge in [-0.15, -0.1) is 24.0 Å². The molecule has 1 N–H and O–H groups in total. The molecule has 31 heavy (non-hydrogen) atoms. The Morgan fingerprint density at radius 3 is 2.39 bits per heavy atom. The molecule has 0 radical (unpaired) electrons. The third kappa shape index (κ3) is 7.45. The lowest BCUT2D eigenvalue weighted by Crippen LogP contribution is -2.53. The number of furan rings is 1. The number of ether oxygens (including phenoxy) is 1. The predicted molar refractivity (Wildman–Crippen MR) is 133 cm³/mol. The topological polar surface area (TPSA) is 70.3 Å². The van der Waals surface area contributed by atoms with Gasteiger partial charge in [-0.05, 0) is 42.7 Å². The molecule has 0 spiro atoms. The van der Waals surface area contributed by atoms with E-state index in [4.69, 9.17) is 14.1 Å². The van der Waals surface area contributed by atoms with Crippen molar-refractivity contribution < 1.29 is 13.9 Å². The number of aliphatic imine (C=N–C) groups is 1. The van der Waals surface area contributed by atoms with E-state index in [0.29, 0.717) is 31.3 Å². The van der Waals surface area contributed by atoms with Crippen molar-refractivity contribution in [2.24, 2.45) is 10.9 Å². The average molecular weight is 540 g/mol. The standard InChI is InChI=1S/C23H32N4O3.HI/c1-4-24-23(25-16-19-7-9-20(10-8-19)30-17-18(2)3)27-13-11-26(12-14-27)22(28)21-6-5-15-29-21;/h5-10,15,18H,4,11-14,16-17H2,1-3H3,(H,24,25);1H. The van der Waals surface area contributed by atoms with Gasteiger partial charge in [-0.2, -0.15) is 0 Å². The van der Waals surface area contributed by atoms with Crippen LogP contribution in [0.5, 0.6) is 5.75 Å². The molecule has 0 unspecified atom stereocenters. The number of hydrogen-bond donors (Lipinski definition) is 1. The van der Waals surface area contributed by atoms with Gasteiger partial charge in [-0.25, -0.2) is 4.99 Å². The number of amides is 1. The van der Waals surface area contributed by atoms with E-state index >= 15 is 0 Å². The van der Waals surface area contributed by atoms with E-state index in [9.17, 15) is 4.79 Å². The van der Waals surface area contributed by atoms with Crippen LogP contribution in [0.15, 0.2) is 52.1 Å². The highest BCUT2D eigenvalue weighted by atomic mass is 127. The zero-order valence-electron chi connectivity index (χ0n) is 18.5. The van der Waals surface area contributed by atoms with Crippen LogP contribution in [-0.2, 0) is 6.54 Å². The van der Waals surface area contributed by atoms with Crippen LogP contribution in [-0.4, -0.2) is 61.0 Å². The molecule has 1 amide bonds. The van der Waals surface area contributed by atoms with Gasteiger partial charge in [0.25, 0.3) is 5.91 Å². The minimum Gasteiger partial charge on any atom is -0.493 e. The summed E-state index contributed by atoms with van der Waals surface area (Å²) >= 11 is 0. The van der Waals surface area contributed by atoms with Crippen LogP contribution in [0.2, 0.25) is 0 Å². The summed E-state index contributed by atoms with van der Waals surface area (Å²) < 4.78 is 11.0. The minimum absolute atomic E-state index is 0. The fraction of sp³-hybridized carbons (Fsp3) is 0.478. The number of piperazine rings is 1. The van der Waals surface area contributed by atoms with Crippen LogP contribution in [0.1, 0.15) is 36.9 Å². The van der Waals surface area contributed by atoms with Gasteiger partial charge in [-0.3, -0.25) is 4.79 Å². The van der Waals surface area contributed by atoms with Gasteiger partial charge >= 0.3 is 0 Å². The van der Waals surface area contributed by atoms with Crippen LogP contribution < -0.4 is 10.1 Å². The molecule has 1 fully saturated rings. The Labute approximate surface area is 201 Å². The van der Waals surface area contributed by atoms with E-state index in [1.807, 2.05) is 17.0 Å². The fourth-order valence-corrected chi connectivity index (χ4v) is 3.22. The predicted octanol–water partition coefficient (Wildman–Crippen LogP) is 3.86. The van der Waals surface area contributed by atoms with Crippen molar-refractivity contribution in [3.63, 3.8) is 0 Å². The first-order valence-corrected chi connectivity index (χ1v) is 10.6. The average Bonchev–Trinajstić information content (AvgIpc) is 3.30. The Balaban J connectivity index is 0.00000341. The van der Waals surface area contributed by atoms with E-state index in [2.05, 4.69) is 43.1 Å². The number of carbonyl (C=O) groups is 1. The molecule has 3 rings (SSSR count). The molecule has 7 nitrogen and oxygen atoms in total. The molecular formula is C23H33IN4O3. The molecule has 0 saturated carbocycles. The van der Waals surface area contributed by atoms with Gasteiger partial charge in [-0.1, -0.05) is 26.0 Å². The number of carbonyl (C=O) groups excluding carboxylic acids is 1. The molecule has 1 aromatic carbocycles. The third-order valence-electron chi connectivity index (χ3n) is 4.85. The molecule has 0 bridgehead atoms. The molecule has 2 aromatic rings.